The Morgan fingerprint density at radius 3 is 1.05 bits per heavy atom. The van der Waals surface area contributed by atoms with Gasteiger partial charge in [0.05, 0.1) is 0 Å². The van der Waals surface area contributed by atoms with Gasteiger partial charge in [0.1, 0.15) is 5.78 Å². The molecule has 0 aromatic heterocycles. The van der Waals surface area contributed by atoms with E-state index < -0.39 is 0 Å². The van der Waals surface area contributed by atoms with Crippen LogP contribution in [-0.4, -0.2) is 5.78 Å². The minimum Gasteiger partial charge on any atom is -0.300 e. The first kappa shape index (κ1) is 44.1. The summed E-state index contributed by atoms with van der Waals surface area (Å²) < 4.78 is 0. The van der Waals surface area contributed by atoms with Crippen LogP contribution in [0.15, 0.2) is 97.1 Å². The molecule has 312 valence electrons. The molecule has 2 aliphatic carbocycles. The van der Waals surface area contributed by atoms with Crippen molar-refractivity contribution in [2.75, 3.05) is 0 Å². The Labute approximate surface area is 355 Å². The van der Waals surface area contributed by atoms with Gasteiger partial charge in [0.25, 0.3) is 0 Å². The fraction of sp³-hybridized carbons (Fsp3) is 0.561. The van der Waals surface area contributed by atoms with E-state index in [9.17, 15) is 4.79 Å². The van der Waals surface area contributed by atoms with Crippen molar-refractivity contribution in [1.82, 2.24) is 0 Å². The van der Waals surface area contributed by atoms with E-state index in [1.165, 1.54) is 175 Å². The van der Waals surface area contributed by atoms with Crippen LogP contribution in [0.1, 0.15) is 202 Å². The molecule has 0 saturated heterocycles. The number of benzene rings is 4. The van der Waals surface area contributed by atoms with Crippen molar-refractivity contribution in [3.63, 3.8) is 0 Å². The van der Waals surface area contributed by atoms with Gasteiger partial charge in [-0.25, -0.2) is 0 Å². The molecule has 0 aliphatic heterocycles. The molecular weight excluding hydrogens is 701 g/mol. The lowest BCUT2D eigenvalue weighted by Gasteiger charge is -2.29. The minimum atomic E-state index is 0.514. The van der Waals surface area contributed by atoms with Gasteiger partial charge >= 0.3 is 0 Å². The summed E-state index contributed by atoms with van der Waals surface area (Å²) in [5.74, 6) is 3.84. The average Bonchev–Trinajstić information content (AvgIpc) is 3.27. The highest BCUT2D eigenvalue weighted by molar-refractivity contribution is 5.78. The highest BCUT2D eigenvalue weighted by atomic mass is 16.1. The standard InChI is InChI=1S/C57H78O/c1-3-15-45-21-29-49(30-22-45)53-37-41-55(42-38-53)51-33-25-47(26-34-51)17-11-7-5-9-13-19-57(58)20-14-10-6-8-12-18-48-27-35-52(36-28-48)56-43-39-54(40-44-56)50-31-23-46(16-4-2)24-32-50/h21-24,29-32,37-44,47-48,51-52H,3-20,25-28,33-36H2,1-2H3/t47-,48?,51-,52?. The zero-order valence-electron chi connectivity index (χ0n) is 36.8. The molecule has 1 nitrogen and oxygen atoms in total. The Hall–Kier alpha value is -3.45. The Morgan fingerprint density at radius 1 is 0.397 bits per heavy atom. The second-order valence-electron chi connectivity index (χ2n) is 18.7. The zero-order chi connectivity index (χ0) is 40.2. The predicted octanol–water partition coefficient (Wildman–Crippen LogP) is 17.2. The molecule has 58 heavy (non-hydrogen) atoms. The average molecular weight is 779 g/mol. The van der Waals surface area contributed by atoms with Crippen molar-refractivity contribution in [2.45, 2.75) is 193 Å². The first-order valence-electron chi connectivity index (χ1n) is 24.5. The summed E-state index contributed by atoms with van der Waals surface area (Å²) in [7, 11) is 0. The van der Waals surface area contributed by atoms with Gasteiger partial charge in [0, 0.05) is 12.8 Å². The lowest BCUT2D eigenvalue weighted by atomic mass is 9.77. The monoisotopic (exact) mass is 779 g/mol. The molecule has 4 aromatic carbocycles. The number of ketones is 1. The summed E-state index contributed by atoms with van der Waals surface area (Å²) >= 11 is 0. The molecule has 0 unspecified atom stereocenters. The van der Waals surface area contributed by atoms with Crippen LogP contribution >= 0.6 is 0 Å². The number of Topliss-reactive ketones (excluding diaryl/α,β-unsaturated/α-hetero) is 1. The van der Waals surface area contributed by atoms with Crippen LogP contribution in [0, 0.1) is 11.8 Å². The second-order valence-corrected chi connectivity index (χ2v) is 18.7. The van der Waals surface area contributed by atoms with Gasteiger partial charge in [0.15, 0.2) is 0 Å². The van der Waals surface area contributed by atoms with E-state index in [0.29, 0.717) is 5.78 Å². The molecular formula is C57H78O. The summed E-state index contributed by atoms with van der Waals surface area (Å²) in [6, 6.07) is 37.2. The van der Waals surface area contributed by atoms with Gasteiger partial charge in [-0.1, -0.05) is 188 Å². The third-order valence-electron chi connectivity index (χ3n) is 14.2. The number of hydrogen-bond donors (Lipinski definition) is 0. The number of hydrogen-bond acceptors (Lipinski definition) is 1. The van der Waals surface area contributed by atoms with E-state index in [2.05, 4.69) is 111 Å². The molecule has 0 amide bonds. The van der Waals surface area contributed by atoms with Crippen LogP contribution in [0.25, 0.3) is 22.3 Å². The smallest absolute Gasteiger partial charge is 0.132 e. The molecule has 0 N–H and O–H groups in total. The fourth-order valence-electron chi connectivity index (χ4n) is 10.5. The van der Waals surface area contributed by atoms with Gasteiger partial charge in [-0.2, -0.15) is 0 Å². The summed E-state index contributed by atoms with van der Waals surface area (Å²) in [5, 5.41) is 0. The number of unbranched alkanes of at least 4 members (excludes halogenated alkanes) is 8. The zero-order valence-corrected chi connectivity index (χ0v) is 36.8. The van der Waals surface area contributed by atoms with Gasteiger partial charge in [0.2, 0.25) is 0 Å². The number of carbonyl (C=O) groups is 1. The Bertz CT molecular complexity index is 1570. The topological polar surface area (TPSA) is 17.1 Å². The van der Waals surface area contributed by atoms with Crippen LogP contribution in [0.3, 0.4) is 0 Å². The maximum atomic E-state index is 12.5. The summed E-state index contributed by atoms with van der Waals surface area (Å²) in [4.78, 5) is 12.5. The van der Waals surface area contributed by atoms with Crippen LogP contribution in [0.5, 0.6) is 0 Å². The third kappa shape index (κ3) is 14.4. The van der Waals surface area contributed by atoms with Crippen molar-refractivity contribution >= 4 is 5.78 Å². The van der Waals surface area contributed by atoms with E-state index in [0.717, 1.165) is 49.4 Å². The van der Waals surface area contributed by atoms with Crippen molar-refractivity contribution in [2.24, 2.45) is 11.8 Å². The van der Waals surface area contributed by atoms with Crippen molar-refractivity contribution in [3.8, 4) is 22.3 Å². The van der Waals surface area contributed by atoms with Crippen molar-refractivity contribution in [1.29, 1.82) is 0 Å². The quantitative estimate of drug-likeness (QED) is 0.0648. The second kappa shape index (κ2) is 24.6. The maximum Gasteiger partial charge on any atom is 0.132 e. The fourth-order valence-corrected chi connectivity index (χ4v) is 10.5. The molecule has 2 fully saturated rings. The largest absolute Gasteiger partial charge is 0.300 e. The van der Waals surface area contributed by atoms with E-state index in [4.69, 9.17) is 0 Å². The highest BCUT2D eigenvalue weighted by Crippen LogP contribution is 2.40. The molecule has 6 rings (SSSR count). The van der Waals surface area contributed by atoms with Gasteiger partial charge in [-0.3, -0.25) is 4.79 Å². The van der Waals surface area contributed by atoms with Gasteiger partial charge in [-0.05, 0) is 145 Å². The van der Waals surface area contributed by atoms with Gasteiger partial charge < -0.3 is 0 Å². The molecule has 0 atom stereocenters. The minimum absolute atomic E-state index is 0.514. The Morgan fingerprint density at radius 2 is 0.707 bits per heavy atom. The highest BCUT2D eigenvalue weighted by Gasteiger charge is 2.23. The normalized spacial score (nSPS) is 19.6. The first-order valence-corrected chi connectivity index (χ1v) is 24.5. The van der Waals surface area contributed by atoms with Crippen LogP contribution in [-0.2, 0) is 17.6 Å². The summed E-state index contributed by atoms with van der Waals surface area (Å²) in [6.07, 6.45) is 32.9. The van der Waals surface area contributed by atoms with E-state index in [1.807, 2.05) is 0 Å². The third-order valence-corrected chi connectivity index (χ3v) is 14.2. The van der Waals surface area contributed by atoms with E-state index in [-0.39, 0.29) is 0 Å². The molecule has 4 aromatic rings. The number of aryl methyl sites for hydroxylation is 2. The van der Waals surface area contributed by atoms with E-state index >= 15 is 0 Å². The van der Waals surface area contributed by atoms with Crippen LogP contribution in [0.4, 0.5) is 0 Å². The summed E-state index contributed by atoms with van der Waals surface area (Å²) in [6.45, 7) is 4.49. The maximum absolute atomic E-state index is 12.5. The lowest BCUT2D eigenvalue weighted by molar-refractivity contribution is -0.119. The predicted molar refractivity (Wildman–Crippen MR) is 251 cm³/mol. The van der Waals surface area contributed by atoms with Gasteiger partial charge in [-0.15, -0.1) is 0 Å². The number of carbonyl (C=O) groups excluding carboxylic acids is 1. The van der Waals surface area contributed by atoms with Crippen molar-refractivity contribution < 1.29 is 4.79 Å². The summed E-state index contributed by atoms with van der Waals surface area (Å²) in [5.41, 5.74) is 11.3. The molecule has 0 radical (unpaired) electrons. The van der Waals surface area contributed by atoms with Crippen LogP contribution in [0.2, 0.25) is 0 Å². The SMILES string of the molecule is CCCc1ccc(-c2ccc(C3CCC(CCCCCCCC(=O)CCCCCCC[C@H]4CC[C@H](c5ccc(-c6ccc(CCC)cc6)cc5)CC4)CC3)cc2)cc1. The van der Waals surface area contributed by atoms with E-state index in [1.54, 1.807) is 11.1 Å². The molecule has 2 saturated carbocycles. The molecule has 1 heteroatoms. The number of rotatable bonds is 24. The first-order chi connectivity index (χ1) is 28.6. The lowest BCUT2D eigenvalue weighted by Crippen LogP contribution is -2.13. The Kier molecular flexibility index (Phi) is 18.7. The molecule has 0 bridgehead atoms. The molecule has 2 aliphatic rings. The van der Waals surface area contributed by atoms with Crippen LogP contribution < -0.4 is 0 Å². The van der Waals surface area contributed by atoms with Crippen molar-refractivity contribution in [3.05, 3.63) is 119 Å². The Balaban J connectivity index is 0.716. The molecule has 0 heterocycles. The molecule has 0 spiro atoms.